The van der Waals surface area contributed by atoms with Gasteiger partial charge in [0.05, 0.1) is 11.4 Å². The average molecular weight is 167 g/mol. The number of ketones is 1. The molecular weight excluding hydrogens is 158 g/mol. The third-order valence-corrected chi connectivity index (χ3v) is 1.98. The Labute approximate surface area is 69.6 Å². The second kappa shape index (κ2) is 4.03. The van der Waals surface area contributed by atoms with Crippen molar-refractivity contribution in [2.24, 2.45) is 0 Å². The van der Waals surface area contributed by atoms with E-state index in [1.165, 1.54) is 11.3 Å². The summed E-state index contributed by atoms with van der Waals surface area (Å²) in [7, 11) is 0. The number of allylic oxidation sites excluding steroid dienone is 1. The molecule has 0 fully saturated rings. The number of hydrogen-bond donors (Lipinski definition) is 0. The van der Waals surface area contributed by atoms with Crippen LogP contribution in [0, 0.1) is 0 Å². The number of aromatic nitrogens is 1. The molecule has 0 aliphatic heterocycles. The number of carbonyl (C=O) groups excluding carboxylic acids is 1. The number of nitrogens with zero attached hydrogens (tertiary/aromatic N) is 1. The minimum atomic E-state index is 0.176. The van der Waals surface area contributed by atoms with Crippen LogP contribution >= 0.6 is 11.3 Å². The standard InChI is InChI=1S/C8H9NOS/c1-2-3-7(10)6-8-9-4-5-11-8/h2,4-5H,1,3,6H2. The number of thiazole rings is 1. The maximum Gasteiger partial charge on any atom is 0.143 e. The van der Waals surface area contributed by atoms with Gasteiger partial charge in [-0.1, -0.05) is 6.08 Å². The number of rotatable bonds is 4. The van der Waals surface area contributed by atoms with Gasteiger partial charge < -0.3 is 0 Å². The molecule has 1 rings (SSSR count). The molecule has 2 nitrogen and oxygen atoms in total. The van der Waals surface area contributed by atoms with E-state index >= 15 is 0 Å². The number of Topliss-reactive ketones (excluding diaryl/α,β-unsaturated/α-hetero) is 1. The summed E-state index contributed by atoms with van der Waals surface area (Å²) in [6.07, 6.45) is 4.22. The minimum Gasteiger partial charge on any atom is -0.299 e. The van der Waals surface area contributed by atoms with E-state index in [1.807, 2.05) is 5.38 Å². The molecule has 11 heavy (non-hydrogen) atoms. The first-order valence-corrected chi connectivity index (χ1v) is 4.22. The third-order valence-electron chi connectivity index (χ3n) is 1.20. The summed E-state index contributed by atoms with van der Waals surface area (Å²) in [5, 5.41) is 2.76. The van der Waals surface area contributed by atoms with Gasteiger partial charge in [-0.05, 0) is 0 Å². The van der Waals surface area contributed by atoms with Crippen LogP contribution in [-0.4, -0.2) is 10.8 Å². The van der Waals surface area contributed by atoms with Crippen molar-refractivity contribution < 1.29 is 4.79 Å². The molecule has 0 atom stereocenters. The van der Waals surface area contributed by atoms with Crippen LogP contribution in [0.4, 0.5) is 0 Å². The van der Waals surface area contributed by atoms with Gasteiger partial charge in [-0.15, -0.1) is 17.9 Å². The molecule has 0 radical (unpaired) electrons. The Kier molecular flexibility index (Phi) is 2.98. The lowest BCUT2D eigenvalue weighted by Gasteiger charge is -1.90. The largest absolute Gasteiger partial charge is 0.299 e. The zero-order valence-corrected chi connectivity index (χ0v) is 6.93. The Hall–Kier alpha value is -0.960. The van der Waals surface area contributed by atoms with Gasteiger partial charge in [0.15, 0.2) is 0 Å². The predicted octanol–water partition coefficient (Wildman–Crippen LogP) is 1.83. The molecule has 0 bridgehead atoms. The van der Waals surface area contributed by atoms with Crippen molar-refractivity contribution in [1.82, 2.24) is 4.98 Å². The van der Waals surface area contributed by atoms with Crippen LogP contribution < -0.4 is 0 Å². The first-order valence-electron chi connectivity index (χ1n) is 3.34. The molecule has 0 unspecified atom stereocenters. The van der Waals surface area contributed by atoms with Gasteiger partial charge in [0.2, 0.25) is 0 Å². The molecule has 1 aromatic rings. The van der Waals surface area contributed by atoms with Crippen LogP contribution in [0.5, 0.6) is 0 Å². The summed E-state index contributed by atoms with van der Waals surface area (Å²) in [6.45, 7) is 3.49. The normalized spacial score (nSPS) is 9.45. The van der Waals surface area contributed by atoms with Crippen LogP contribution in [0.3, 0.4) is 0 Å². The van der Waals surface area contributed by atoms with Gasteiger partial charge in [-0.25, -0.2) is 4.98 Å². The van der Waals surface area contributed by atoms with E-state index in [4.69, 9.17) is 0 Å². The zero-order chi connectivity index (χ0) is 8.10. The van der Waals surface area contributed by atoms with Crippen molar-refractivity contribution in [3.05, 3.63) is 29.2 Å². The van der Waals surface area contributed by atoms with Gasteiger partial charge in [-0.3, -0.25) is 4.79 Å². The second-order valence-electron chi connectivity index (χ2n) is 2.13. The molecule has 0 aromatic carbocycles. The first kappa shape index (κ1) is 8.14. The van der Waals surface area contributed by atoms with Gasteiger partial charge in [0.25, 0.3) is 0 Å². The molecule has 1 heterocycles. The van der Waals surface area contributed by atoms with Crippen LogP contribution in [-0.2, 0) is 11.2 Å². The Bertz CT molecular complexity index is 241. The van der Waals surface area contributed by atoms with Crippen LogP contribution in [0.2, 0.25) is 0 Å². The lowest BCUT2D eigenvalue weighted by Crippen LogP contribution is -1.99. The molecule has 0 saturated heterocycles. The third kappa shape index (κ3) is 2.63. The van der Waals surface area contributed by atoms with Crippen LogP contribution in [0.25, 0.3) is 0 Å². The Morgan fingerprint density at radius 3 is 3.18 bits per heavy atom. The maximum absolute atomic E-state index is 11.0. The summed E-state index contributed by atoms with van der Waals surface area (Å²) in [5.41, 5.74) is 0. The Morgan fingerprint density at radius 2 is 2.64 bits per heavy atom. The minimum absolute atomic E-state index is 0.176. The highest BCUT2D eigenvalue weighted by molar-refractivity contribution is 7.09. The highest BCUT2D eigenvalue weighted by Gasteiger charge is 2.02. The van der Waals surface area contributed by atoms with Gasteiger partial charge in [0, 0.05) is 18.0 Å². The van der Waals surface area contributed by atoms with E-state index in [9.17, 15) is 4.79 Å². The summed E-state index contributed by atoms with van der Waals surface area (Å²) in [5.74, 6) is 0.176. The summed E-state index contributed by atoms with van der Waals surface area (Å²) >= 11 is 1.51. The van der Waals surface area contributed by atoms with E-state index < -0.39 is 0 Å². The average Bonchev–Trinajstić information content (AvgIpc) is 2.40. The molecule has 1 aromatic heterocycles. The fraction of sp³-hybridized carbons (Fsp3) is 0.250. The quantitative estimate of drug-likeness (QED) is 0.640. The van der Waals surface area contributed by atoms with Crippen molar-refractivity contribution in [3.63, 3.8) is 0 Å². The van der Waals surface area contributed by atoms with E-state index in [1.54, 1.807) is 12.3 Å². The predicted molar refractivity (Wildman–Crippen MR) is 45.6 cm³/mol. The molecule has 0 N–H and O–H groups in total. The summed E-state index contributed by atoms with van der Waals surface area (Å²) < 4.78 is 0. The molecule has 0 aliphatic rings. The van der Waals surface area contributed by atoms with E-state index in [2.05, 4.69) is 11.6 Å². The van der Waals surface area contributed by atoms with E-state index in [0.717, 1.165) is 5.01 Å². The summed E-state index contributed by atoms with van der Waals surface area (Å²) in [4.78, 5) is 15.0. The fourth-order valence-corrected chi connectivity index (χ4v) is 1.39. The molecule has 0 spiro atoms. The van der Waals surface area contributed by atoms with Crippen molar-refractivity contribution in [3.8, 4) is 0 Å². The molecule has 0 amide bonds. The SMILES string of the molecule is C=CCC(=O)Cc1nccs1. The van der Waals surface area contributed by atoms with Crippen molar-refractivity contribution >= 4 is 17.1 Å². The first-order chi connectivity index (χ1) is 5.33. The Morgan fingerprint density at radius 1 is 1.82 bits per heavy atom. The van der Waals surface area contributed by atoms with Gasteiger partial charge in [-0.2, -0.15) is 0 Å². The highest BCUT2D eigenvalue weighted by Crippen LogP contribution is 2.05. The number of hydrogen-bond acceptors (Lipinski definition) is 3. The van der Waals surface area contributed by atoms with Crippen molar-refractivity contribution in [2.75, 3.05) is 0 Å². The molecule has 3 heteroatoms. The number of carbonyl (C=O) groups is 1. The van der Waals surface area contributed by atoms with Crippen molar-refractivity contribution in [1.29, 1.82) is 0 Å². The lowest BCUT2D eigenvalue weighted by molar-refractivity contribution is -0.117. The van der Waals surface area contributed by atoms with E-state index in [-0.39, 0.29) is 5.78 Å². The van der Waals surface area contributed by atoms with Crippen LogP contribution in [0.1, 0.15) is 11.4 Å². The maximum atomic E-state index is 11.0. The lowest BCUT2D eigenvalue weighted by atomic mass is 10.2. The molecule has 58 valence electrons. The smallest absolute Gasteiger partial charge is 0.143 e. The topological polar surface area (TPSA) is 30.0 Å². The fourth-order valence-electron chi connectivity index (χ4n) is 0.742. The molecular formula is C8H9NOS. The monoisotopic (exact) mass is 167 g/mol. The molecule has 0 saturated carbocycles. The highest BCUT2D eigenvalue weighted by atomic mass is 32.1. The van der Waals surface area contributed by atoms with E-state index in [0.29, 0.717) is 12.8 Å². The Balaban J connectivity index is 2.43. The van der Waals surface area contributed by atoms with Crippen LogP contribution in [0.15, 0.2) is 24.2 Å². The molecule has 0 aliphatic carbocycles. The second-order valence-corrected chi connectivity index (χ2v) is 3.11. The van der Waals surface area contributed by atoms with Gasteiger partial charge >= 0.3 is 0 Å². The van der Waals surface area contributed by atoms with Crippen molar-refractivity contribution in [2.45, 2.75) is 12.8 Å². The summed E-state index contributed by atoms with van der Waals surface area (Å²) in [6, 6.07) is 0. The van der Waals surface area contributed by atoms with Gasteiger partial charge in [0.1, 0.15) is 5.78 Å². The zero-order valence-electron chi connectivity index (χ0n) is 6.12.